The maximum Gasteiger partial charge on any atom is 1.00 e. The Bertz CT molecular complexity index is 70.1. The van der Waals surface area contributed by atoms with Gasteiger partial charge in [-0.2, -0.15) is 0 Å². The number of hydrogen-bond donors (Lipinski definition) is 2. The van der Waals surface area contributed by atoms with Crippen molar-refractivity contribution in [2.24, 2.45) is 0 Å². The van der Waals surface area contributed by atoms with Crippen LogP contribution in [0.5, 0.6) is 0 Å². The van der Waals surface area contributed by atoms with E-state index < -0.39 is 12.1 Å². The van der Waals surface area contributed by atoms with Gasteiger partial charge in [-0.15, -0.1) is 0 Å². The SMILES string of the molecule is CC(O)C(=O)O.[H-].[K+].[Zr]. The molecule has 0 saturated heterocycles. The average molecular weight is 221 g/mol. The molecule has 0 aliphatic rings. The van der Waals surface area contributed by atoms with Crippen LogP contribution in [0.3, 0.4) is 0 Å². The molecule has 0 rings (SSSR count). The second-order valence-corrected chi connectivity index (χ2v) is 1.01. The topological polar surface area (TPSA) is 57.5 Å². The normalized spacial score (nSPS) is 10.2. The molecular formula is C3H7KO3Zr. The van der Waals surface area contributed by atoms with Crippen molar-refractivity contribution in [3.8, 4) is 0 Å². The molecule has 0 saturated carbocycles. The van der Waals surface area contributed by atoms with Crippen LogP contribution in [0.1, 0.15) is 8.35 Å². The van der Waals surface area contributed by atoms with Crippen molar-refractivity contribution in [1.29, 1.82) is 0 Å². The third-order valence-electron chi connectivity index (χ3n) is 0.357. The molecule has 0 amide bonds. The first-order chi connectivity index (χ1) is 2.64. The molecule has 1 unspecified atom stereocenters. The molecular weight excluding hydrogens is 214 g/mol. The first-order valence-electron chi connectivity index (χ1n) is 1.55. The van der Waals surface area contributed by atoms with Gasteiger partial charge in [-0.1, -0.05) is 0 Å². The van der Waals surface area contributed by atoms with Crippen molar-refractivity contribution in [2.45, 2.75) is 13.0 Å². The Kier molecular flexibility index (Phi) is 18.5. The molecule has 0 aliphatic heterocycles. The standard InChI is InChI=1S/C3H6O3.K.Zr.H/c1-2(4)3(5)6;;;/h2,4H,1H3,(H,5,6);;;/q;+1;;-1. The van der Waals surface area contributed by atoms with Gasteiger partial charge in [-0.3, -0.25) is 0 Å². The third-order valence-corrected chi connectivity index (χ3v) is 0.357. The number of carboxylic acids is 1. The van der Waals surface area contributed by atoms with E-state index in [0.717, 1.165) is 0 Å². The van der Waals surface area contributed by atoms with Crippen molar-refractivity contribution >= 4 is 5.97 Å². The Morgan fingerprint density at radius 2 is 1.88 bits per heavy atom. The fraction of sp³-hybridized carbons (Fsp3) is 0.667. The average Bonchev–Trinajstić information content (AvgIpc) is 1.36. The molecule has 0 heterocycles. The number of hydrogen-bond acceptors (Lipinski definition) is 2. The van der Waals surface area contributed by atoms with Crippen molar-refractivity contribution in [3.05, 3.63) is 0 Å². The quantitative estimate of drug-likeness (QED) is 0.453. The van der Waals surface area contributed by atoms with Gasteiger partial charge in [0.1, 0.15) is 6.10 Å². The number of rotatable bonds is 1. The van der Waals surface area contributed by atoms with E-state index in [-0.39, 0.29) is 79.0 Å². The second kappa shape index (κ2) is 8.95. The predicted octanol–water partition coefficient (Wildman–Crippen LogP) is -3.43. The summed E-state index contributed by atoms with van der Waals surface area (Å²) in [6, 6.07) is 0. The number of aliphatic carboxylic acids is 1. The summed E-state index contributed by atoms with van der Waals surface area (Å²) in [5.74, 6) is -1.19. The summed E-state index contributed by atoms with van der Waals surface area (Å²) in [5, 5.41) is 15.8. The van der Waals surface area contributed by atoms with Gasteiger partial charge in [-0.05, 0) is 6.92 Å². The Hall–Kier alpha value is 1.95. The molecule has 0 aromatic heterocycles. The molecule has 8 heavy (non-hydrogen) atoms. The van der Waals surface area contributed by atoms with E-state index in [1.807, 2.05) is 0 Å². The Morgan fingerprint density at radius 1 is 1.75 bits per heavy atom. The van der Waals surface area contributed by atoms with Gasteiger partial charge in [0.05, 0.1) is 0 Å². The molecule has 42 valence electrons. The molecule has 2 N–H and O–H groups in total. The zero-order valence-electron chi connectivity index (χ0n) is 5.88. The number of aliphatic hydroxyl groups excluding tert-OH is 1. The van der Waals surface area contributed by atoms with Crippen LogP contribution in [-0.4, -0.2) is 22.3 Å². The number of carboxylic acid groups (broad SMARTS) is 1. The first kappa shape index (κ1) is 16.5. The minimum absolute atomic E-state index is 0. The van der Waals surface area contributed by atoms with Crippen molar-refractivity contribution in [1.82, 2.24) is 0 Å². The minimum atomic E-state index is -1.23. The molecule has 0 bridgehead atoms. The second-order valence-electron chi connectivity index (χ2n) is 1.01. The zero-order chi connectivity index (χ0) is 5.15. The Balaban J connectivity index is -0.0000000417. The Labute approximate surface area is 111 Å². The molecule has 0 aromatic carbocycles. The van der Waals surface area contributed by atoms with E-state index in [9.17, 15) is 4.79 Å². The summed E-state index contributed by atoms with van der Waals surface area (Å²) in [4.78, 5) is 9.45. The summed E-state index contributed by atoms with van der Waals surface area (Å²) in [5.41, 5.74) is 0. The summed E-state index contributed by atoms with van der Waals surface area (Å²) in [7, 11) is 0. The van der Waals surface area contributed by atoms with Gasteiger partial charge in [0, 0.05) is 26.2 Å². The monoisotopic (exact) mass is 220 g/mol. The van der Waals surface area contributed by atoms with E-state index >= 15 is 0 Å². The van der Waals surface area contributed by atoms with E-state index in [4.69, 9.17) is 10.2 Å². The van der Waals surface area contributed by atoms with Gasteiger partial charge in [0.25, 0.3) is 0 Å². The van der Waals surface area contributed by atoms with Crippen molar-refractivity contribution < 1.29 is 94.0 Å². The van der Waals surface area contributed by atoms with Crippen LogP contribution in [0.2, 0.25) is 0 Å². The van der Waals surface area contributed by atoms with Crippen LogP contribution < -0.4 is 51.4 Å². The molecule has 0 spiro atoms. The largest absolute Gasteiger partial charge is 1.00 e. The molecule has 5 heteroatoms. The van der Waals surface area contributed by atoms with Crippen molar-refractivity contribution in [2.75, 3.05) is 0 Å². The summed E-state index contributed by atoms with van der Waals surface area (Å²) in [6.07, 6.45) is -1.23. The fourth-order valence-corrected chi connectivity index (χ4v) is 0. The van der Waals surface area contributed by atoms with E-state index in [1.165, 1.54) is 6.92 Å². The molecule has 1 atom stereocenters. The fourth-order valence-electron chi connectivity index (χ4n) is 0. The minimum Gasteiger partial charge on any atom is -1.00 e. The van der Waals surface area contributed by atoms with Crippen LogP contribution in [0.15, 0.2) is 0 Å². The van der Waals surface area contributed by atoms with E-state index in [1.54, 1.807) is 0 Å². The smallest absolute Gasteiger partial charge is 1.00 e. The summed E-state index contributed by atoms with van der Waals surface area (Å²) < 4.78 is 0. The Morgan fingerprint density at radius 3 is 1.88 bits per heavy atom. The summed E-state index contributed by atoms with van der Waals surface area (Å²) >= 11 is 0. The van der Waals surface area contributed by atoms with E-state index in [2.05, 4.69) is 0 Å². The van der Waals surface area contributed by atoms with Crippen LogP contribution >= 0.6 is 0 Å². The first-order valence-corrected chi connectivity index (χ1v) is 1.55. The van der Waals surface area contributed by atoms with Gasteiger partial charge in [-0.25, -0.2) is 4.79 Å². The molecule has 3 nitrogen and oxygen atoms in total. The van der Waals surface area contributed by atoms with Crippen LogP contribution in [-0.2, 0) is 31.0 Å². The number of aliphatic hydroxyl groups is 1. The molecule has 0 radical (unpaired) electrons. The van der Waals surface area contributed by atoms with Crippen LogP contribution in [0.4, 0.5) is 0 Å². The maximum atomic E-state index is 9.45. The van der Waals surface area contributed by atoms with Gasteiger partial charge in [0.15, 0.2) is 0 Å². The van der Waals surface area contributed by atoms with E-state index in [0.29, 0.717) is 0 Å². The van der Waals surface area contributed by atoms with Crippen LogP contribution in [0, 0.1) is 0 Å². The van der Waals surface area contributed by atoms with Gasteiger partial charge >= 0.3 is 57.4 Å². The van der Waals surface area contributed by atoms with Crippen LogP contribution in [0.25, 0.3) is 0 Å². The molecule has 0 aliphatic carbocycles. The third kappa shape index (κ3) is 10.8. The molecule has 0 fully saturated rings. The summed E-state index contributed by atoms with van der Waals surface area (Å²) in [6.45, 7) is 1.20. The number of carbonyl (C=O) groups is 1. The molecule has 0 aromatic rings. The predicted molar refractivity (Wildman–Crippen MR) is 20.4 cm³/mol. The van der Waals surface area contributed by atoms with Gasteiger partial charge < -0.3 is 11.6 Å². The van der Waals surface area contributed by atoms with Gasteiger partial charge in [0.2, 0.25) is 0 Å². The maximum absolute atomic E-state index is 9.45. The zero-order valence-corrected chi connectivity index (χ0v) is 10.5. The van der Waals surface area contributed by atoms with Crippen molar-refractivity contribution in [3.63, 3.8) is 0 Å².